The van der Waals surface area contributed by atoms with E-state index >= 15 is 0 Å². The second-order valence-corrected chi connectivity index (χ2v) is 13.3. The number of ether oxygens (including phenoxy) is 2. The summed E-state index contributed by atoms with van der Waals surface area (Å²) in [6, 6.07) is 0. The third kappa shape index (κ3) is 36.9. The minimum atomic E-state index is -0.800. The van der Waals surface area contributed by atoms with E-state index in [0.29, 0.717) is 19.3 Å². The first kappa shape index (κ1) is 46.8. The number of aliphatic hydroxyl groups excluding tert-OH is 3. The maximum absolute atomic E-state index is 12.2. The number of hydrogen-bond donors (Lipinski definition) is 3. The van der Waals surface area contributed by atoms with Gasteiger partial charge in [-0.2, -0.15) is 0 Å². The predicted molar refractivity (Wildman–Crippen MR) is 203 cm³/mol. The van der Waals surface area contributed by atoms with Crippen molar-refractivity contribution in [1.82, 2.24) is 0 Å². The molecule has 0 fully saturated rings. The van der Waals surface area contributed by atoms with Gasteiger partial charge in [0, 0.05) is 12.8 Å². The molecule has 0 saturated heterocycles. The van der Waals surface area contributed by atoms with Crippen molar-refractivity contribution >= 4 is 11.9 Å². The quantitative estimate of drug-likeness (QED) is 0.0341. The van der Waals surface area contributed by atoms with Gasteiger partial charge in [0.15, 0.2) is 6.10 Å². The van der Waals surface area contributed by atoms with E-state index in [4.69, 9.17) is 14.6 Å². The highest BCUT2D eigenvalue weighted by Gasteiger charge is 2.16. The van der Waals surface area contributed by atoms with Crippen molar-refractivity contribution in [3.05, 3.63) is 48.6 Å². The first-order valence-corrected chi connectivity index (χ1v) is 19.9. The highest BCUT2D eigenvalue weighted by Crippen LogP contribution is 2.12. The molecule has 0 bridgehead atoms. The zero-order valence-electron chi connectivity index (χ0n) is 31.3. The molecule has 0 rings (SSSR count). The summed E-state index contributed by atoms with van der Waals surface area (Å²) in [5.41, 5.74) is 0. The number of unbranched alkanes of at least 4 members (excludes halogenated alkanes) is 17. The number of aliphatic hydroxyl groups is 3. The van der Waals surface area contributed by atoms with Gasteiger partial charge >= 0.3 is 11.9 Å². The van der Waals surface area contributed by atoms with Crippen molar-refractivity contribution in [2.75, 3.05) is 19.8 Å². The molecule has 0 aliphatic carbocycles. The molecule has 2 atom stereocenters. The Hall–Kier alpha value is -2.22. The molecule has 0 aliphatic heterocycles. The highest BCUT2D eigenvalue weighted by atomic mass is 16.6. The van der Waals surface area contributed by atoms with Crippen LogP contribution in [0, 0.1) is 0 Å². The fraction of sp³-hybridized carbons (Fsp3) is 0.762. The predicted octanol–water partition coefficient (Wildman–Crippen LogP) is 10.2. The van der Waals surface area contributed by atoms with Crippen LogP contribution in [0.2, 0.25) is 0 Å². The molecule has 0 aliphatic rings. The lowest BCUT2D eigenvalue weighted by molar-refractivity contribution is -0.161. The lowest BCUT2D eigenvalue weighted by Crippen LogP contribution is -2.28. The van der Waals surface area contributed by atoms with Crippen LogP contribution in [0.1, 0.15) is 174 Å². The van der Waals surface area contributed by atoms with Gasteiger partial charge in [0.1, 0.15) is 6.61 Å². The zero-order valence-corrected chi connectivity index (χ0v) is 31.3. The van der Waals surface area contributed by atoms with Crippen LogP contribution in [-0.4, -0.2) is 59.3 Å². The Morgan fingerprint density at radius 3 is 1.43 bits per heavy atom. The number of esters is 2. The van der Waals surface area contributed by atoms with Gasteiger partial charge in [-0.25, -0.2) is 0 Å². The van der Waals surface area contributed by atoms with Crippen LogP contribution in [0.4, 0.5) is 0 Å². The number of allylic oxidation sites excluding steroid dienone is 8. The number of carbonyl (C=O) groups is 2. The van der Waals surface area contributed by atoms with Gasteiger partial charge in [0.2, 0.25) is 0 Å². The smallest absolute Gasteiger partial charge is 0.306 e. The number of rotatable bonds is 36. The van der Waals surface area contributed by atoms with Crippen LogP contribution in [0.3, 0.4) is 0 Å². The summed E-state index contributed by atoms with van der Waals surface area (Å²) in [5, 5.41) is 27.7. The van der Waals surface area contributed by atoms with E-state index in [0.717, 1.165) is 109 Å². The summed E-state index contributed by atoms with van der Waals surface area (Å²) in [7, 11) is 0. The largest absolute Gasteiger partial charge is 0.462 e. The molecule has 0 spiro atoms. The summed E-state index contributed by atoms with van der Waals surface area (Å²) >= 11 is 0. The van der Waals surface area contributed by atoms with E-state index in [9.17, 15) is 19.8 Å². The topological polar surface area (TPSA) is 113 Å². The fourth-order valence-corrected chi connectivity index (χ4v) is 5.36. The molecule has 7 heteroatoms. The molecule has 7 nitrogen and oxygen atoms in total. The molecule has 0 aromatic carbocycles. The van der Waals surface area contributed by atoms with E-state index in [1.165, 1.54) is 38.5 Å². The standard InChI is InChI=1S/C42H74O7/c1-2-3-4-5-6-7-8-9-12-16-19-22-25-28-31-34-41(46)48-38-40(37-44)49-42(47)35-32-29-26-23-20-17-14-11-10-13-15-18-21-24-27-30-33-39(45)36-43/h6-7,9,11-15,39-40,43-45H,2-5,8,10,16-38H2,1H3/b7-6-,12-9-,14-11-,15-13-. The molecule has 0 aromatic rings. The van der Waals surface area contributed by atoms with Crippen molar-refractivity contribution in [3.63, 3.8) is 0 Å². The first-order chi connectivity index (χ1) is 24.0. The van der Waals surface area contributed by atoms with Gasteiger partial charge in [0.05, 0.1) is 19.3 Å². The van der Waals surface area contributed by atoms with Crippen molar-refractivity contribution in [2.24, 2.45) is 0 Å². The Balaban J connectivity index is 3.62. The van der Waals surface area contributed by atoms with Gasteiger partial charge in [-0.3, -0.25) is 9.59 Å². The maximum Gasteiger partial charge on any atom is 0.306 e. The number of carbonyl (C=O) groups excluding carboxylic acids is 2. The average molecular weight is 691 g/mol. The van der Waals surface area contributed by atoms with E-state index < -0.39 is 12.2 Å². The molecule has 0 heterocycles. The molecule has 49 heavy (non-hydrogen) atoms. The van der Waals surface area contributed by atoms with Crippen molar-refractivity contribution in [2.45, 2.75) is 186 Å². The van der Waals surface area contributed by atoms with E-state index in [1.54, 1.807) is 0 Å². The van der Waals surface area contributed by atoms with Gasteiger partial charge in [-0.1, -0.05) is 126 Å². The SMILES string of the molecule is CCCCC/C=C\C/C=C\CCCCCCCC(=O)OCC(CO)OC(=O)CCCCCCC/C=C\C/C=C\CCCCCCC(O)CO. The molecule has 0 saturated carbocycles. The van der Waals surface area contributed by atoms with Crippen LogP contribution in [0.25, 0.3) is 0 Å². The Labute approximate surface area is 300 Å². The van der Waals surface area contributed by atoms with Crippen molar-refractivity contribution in [3.8, 4) is 0 Å². The summed E-state index contributed by atoms with van der Waals surface area (Å²) in [4.78, 5) is 24.2. The summed E-state index contributed by atoms with van der Waals surface area (Å²) < 4.78 is 10.6. The second kappa shape index (κ2) is 38.6. The molecule has 0 amide bonds. The average Bonchev–Trinajstić information content (AvgIpc) is 3.10. The zero-order chi connectivity index (χ0) is 35.9. The minimum Gasteiger partial charge on any atom is -0.462 e. The Morgan fingerprint density at radius 1 is 0.531 bits per heavy atom. The van der Waals surface area contributed by atoms with Crippen LogP contribution in [0.15, 0.2) is 48.6 Å². The molecular weight excluding hydrogens is 616 g/mol. The van der Waals surface area contributed by atoms with Crippen LogP contribution in [-0.2, 0) is 19.1 Å². The summed E-state index contributed by atoms with van der Waals surface area (Å²) in [6.45, 7) is 1.64. The van der Waals surface area contributed by atoms with Crippen molar-refractivity contribution in [1.29, 1.82) is 0 Å². The Morgan fingerprint density at radius 2 is 0.959 bits per heavy atom. The highest BCUT2D eigenvalue weighted by molar-refractivity contribution is 5.70. The minimum absolute atomic E-state index is 0.0934. The lowest BCUT2D eigenvalue weighted by Gasteiger charge is -2.15. The van der Waals surface area contributed by atoms with Crippen LogP contribution < -0.4 is 0 Å². The van der Waals surface area contributed by atoms with Crippen LogP contribution >= 0.6 is 0 Å². The van der Waals surface area contributed by atoms with E-state index in [2.05, 4.69) is 55.5 Å². The van der Waals surface area contributed by atoms with Gasteiger partial charge in [-0.05, 0) is 83.5 Å². The third-order valence-electron chi connectivity index (χ3n) is 8.49. The first-order valence-electron chi connectivity index (χ1n) is 19.9. The monoisotopic (exact) mass is 691 g/mol. The fourth-order valence-electron chi connectivity index (χ4n) is 5.36. The molecule has 3 N–H and O–H groups in total. The molecule has 0 radical (unpaired) electrons. The van der Waals surface area contributed by atoms with E-state index in [1.807, 2.05) is 0 Å². The molecule has 0 aromatic heterocycles. The van der Waals surface area contributed by atoms with E-state index in [-0.39, 0.29) is 31.8 Å². The van der Waals surface area contributed by atoms with Gasteiger partial charge in [-0.15, -0.1) is 0 Å². The van der Waals surface area contributed by atoms with Gasteiger partial charge in [0.25, 0.3) is 0 Å². The summed E-state index contributed by atoms with van der Waals surface area (Å²) in [6.07, 6.45) is 43.0. The Bertz CT molecular complexity index is 848. The second-order valence-electron chi connectivity index (χ2n) is 13.3. The maximum atomic E-state index is 12.2. The molecule has 2 unspecified atom stereocenters. The summed E-state index contributed by atoms with van der Waals surface area (Å²) in [5.74, 6) is -0.652. The Kier molecular flexibility index (Phi) is 36.8. The van der Waals surface area contributed by atoms with Gasteiger partial charge < -0.3 is 24.8 Å². The normalized spacial score (nSPS) is 13.3. The molecule has 284 valence electrons. The van der Waals surface area contributed by atoms with Crippen molar-refractivity contribution < 1.29 is 34.4 Å². The third-order valence-corrected chi connectivity index (χ3v) is 8.49. The lowest BCUT2D eigenvalue weighted by atomic mass is 10.1. The molecular formula is C42H74O7. The number of hydrogen-bond acceptors (Lipinski definition) is 7. The van der Waals surface area contributed by atoms with Crippen LogP contribution in [0.5, 0.6) is 0 Å².